The number of rotatable bonds is 7. The van der Waals surface area contributed by atoms with Crippen LogP contribution < -0.4 is 4.74 Å². The Morgan fingerprint density at radius 3 is 2.60 bits per heavy atom. The second-order valence-electron chi connectivity index (χ2n) is 6.61. The van der Waals surface area contributed by atoms with E-state index in [4.69, 9.17) is 14.0 Å². The van der Waals surface area contributed by atoms with Crippen molar-refractivity contribution in [3.63, 3.8) is 0 Å². The number of halogens is 1. The third kappa shape index (κ3) is 3.91. The summed E-state index contributed by atoms with van der Waals surface area (Å²) in [6.45, 7) is 0.571. The van der Waals surface area contributed by atoms with Crippen molar-refractivity contribution in [2.75, 3.05) is 26.6 Å². The Kier molecular flexibility index (Phi) is 5.27. The number of benzene rings is 2. The van der Waals surface area contributed by atoms with Crippen LogP contribution in [0, 0.1) is 5.82 Å². The Hall–Kier alpha value is -3.24. The van der Waals surface area contributed by atoms with Gasteiger partial charge in [-0.05, 0) is 18.2 Å². The first kappa shape index (κ1) is 20.0. The Bertz CT molecular complexity index is 1300. The number of methoxy groups -OCH3 is 1. The molecule has 0 aliphatic carbocycles. The Morgan fingerprint density at radius 1 is 1.13 bits per heavy atom. The smallest absolute Gasteiger partial charge is 0.188 e. The fourth-order valence-electron chi connectivity index (χ4n) is 2.95. The van der Waals surface area contributed by atoms with Crippen molar-refractivity contribution in [2.45, 2.75) is 4.90 Å². The molecule has 0 saturated heterocycles. The molecule has 0 atom stereocenters. The number of hydrogen-bond donors (Lipinski definition) is 1. The monoisotopic (exact) mass is 431 g/mol. The Labute approximate surface area is 171 Å². The van der Waals surface area contributed by atoms with Crippen LogP contribution in [-0.4, -0.2) is 50.4 Å². The van der Waals surface area contributed by atoms with Gasteiger partial charge in [-0.25, -0.2) is 12.8 Å². The standard InChI is InChI=1S/C20H18FN3O5S/c1-27-7-8-28-18-11-17-14(9-15(18)21)20(23-22-17)19-10-16(24-29-19)12-3-5-13(6-4-12)30(2,25)26/h3-6,9-11H,7-8H2,1-2H3,(H,22,23). The summed E-state index contributed by atoms with van der Waals surface area (Å²) in [5, 5.41) is 11.6. The van der Waals surface area contributed by atoms with Gasteiger partial charge in [0, 0.05) is 36.4 Å². The summed E-state index contributed by atoms with van der Waals surface area (Å²) in [7, 11) is -1.74. The Morgan fingerprint density at radius 2 is 1.90 bits per heavy atom. The van der Waals surface area contributed by atoms with Crippen LogP contribution in [0.2, 0.25) is 0 Å². The SMILES string of the molecule is COCCOc1cc2[nH]nc(-c3cc(-c4ccc(S(C)(=O)=O)cc4)no3)c2cc1F. The lowest BCUT2D eigenvalue weighted by Gasteiger charge is -2.06. The molecule has 156 valence electrons. The van der Waals surface area contributed by atoms with Gasteiger partial charge in [0.25, 0.3) is 0 Å². The van der Waals surface area contributed by atoms with Crippen LogP contribution in [0.5, 0.6) is 5.75 Å². The molecule has 30 heavy (non-hydrogen) atoms. The number of aromatic nitrogens is 3. The van der Waals surface area contributed by atoms with Crippen LogP contribution in [0.3, 0.4) is 0 Å². The van der Waals surface area contributed by atoms with Crippen molar-refractivity contribution in [2.24, 2.45) is 0 Å². The first-order valence-electron chi connectivity index (χ1n) is 8.94. The van der Waals surface area contributed by atoms with Crippen LogP contribution in [0.1, 0.15) is 0 Å². The maximum Gasteiger partial charge on any atom is 0.188 e. The third-order valence-electron chi connectivity index (χ3n) is 4.48. The van der Waals surface area contributed by atoms with Gasteiger partial charge >= 0.3 is 0 Å². The largest absolute Gasteiger partial charge is 0.488 e. The van der Waals surface area contributed by atoms with E-state index < -0.39 is 15.7 Å². The highest BCUT2D eigenvalue weighted by Gasteiger charge is 2.18. The number of aromatic amines is 1. The molecule has 4 aromatic rings. The van der Waals surface area contributed by atoms with Crippen molar-refractivity contribution in [1.29, 1.82) is 0 Å². The van der Waals surface area contributed by atoms with Crippen LogP contribution in [0.25, 0.3) is 33.6 Å². The number of fused-ring (bicyclic) bond motifs is 1. The van der Waals surface area contributed by atoms with Gasteiger partial charge in [-0.2, -0.15) is 5.10 Å². The molecule has 4 rings (SSSR count). The van der Waals surface area contributed by atoms with Crippen molar-refractivity contribution < 1.29 is 26.8 Å². The summed E-state index contributed by atoms with van der Waals surface area (Å²) in [5.74, 6) is -0.0905. The van der Waals surface area contributed by atoms with Gasteiger partial charge in [0.05, 0.1) is 17.0 Å². The minimum Gasteiger partial charge on any atom is -0.488 e. The molecular weight excluding hydrogens is 413 g/mol. The minimum atomic E-state index is -3.28. The molecule has 2 aromatic carbocycles. The summed E-state index contributed by atoms with van der Waals surface area (Å²) in [6, 6.07) is 10.8. The molecule has 0 spiro atoms. The zero-order valence-electron chi connectivity index (χ0n) is 16.2. The number of nitrogens with zero attached hydrogens (tertiary/aromatic N) is 2. The Balaban J connectivity index is 1.64. The topological polar surface area (TPSA) is 107 Å². The van der Waals surface area contributed by atoms with Gasteiger partial charge in [0.15, 0.2) is 27.2 Å². The van der Waals surface area contributed by atoms with E-state index in [-0.39, 0.29) is 17.3 Å². The van der Waals surface area contributed by atoms with Gasteiger partial charge in [-0.15, -0.1) is 0 Å². The zero-order chi connectivity index (χ0) is 21.3. The minimum absolute atomic E-state index is 0.0963. The molecule has 0 unspecified atom stereocenters. The molecule has 0 fully saturated rings. The molecule has 8 nitrogen and oxygen atoms in total. The molecule has 0 saturated carbocycles. The fraction of sp³-hybridized carbons (Fsp3) is 0.200. The average molecular weight is 431 g/mol. The van der Waals surface area contributed by atoms with Crippen LogP contribution in [-0.2, 0) is 14.6 Å². The van der Waals surface area contributed by atoms with Crippen molar-refractivity contribution in [1.82, 2.24) is 15.4 Å². The molecule has 2 heterocycles. The number of sulfone groups is 1. The molecular formula is C20H18FN3O5S. The van der Waals surface area contributed by atoms with E-state index in [2.05, 4.69) is 15.4 Å². The molecule has 0 aliphatic heterocycles. The second kappa shape index (κ2) is 7.88. The van der Waals surface area contributed by atoms with Crippen molar-refractivity contribution >= 4 is 20.7 Å². The molecule has 2 aromatic heterocycles. The van der Waals surface area contributed by atoms with E-state index >= 15 is 0 Å². The molecule has 0 radical (unpaired) electrons. The summed E-state index contributed by atoms with van der Waals surface area (Å²) in [4.78, 5) is 0.215. The number of ether oxygens (including phenoxy) is 2. The molecule has 10 heteroatoms. The zero-order valence-corrected chi connectivity index (χ0v) is 17.0. The van der Waals surface area contributed by atoms with Crippen molar-refractivity contribution in [3.8, 4) is 28.5 Å². The van der Waals surface area contributed by atoms with E-state index in [0.29, 0.717) is 40.2 Å². The van der Waals surface area contributed by atoms with E-state index in [0.717, 1.165) is 6.26 Å². The van der Waals surface area contributed by atoms with E-state index in [1.54, 1.807) is 18.2 Å². The van der Waals surface area contributed by atoms with Crippen LogP contribution in [0.4, 0.5) is 4.39 Å². The van der Waals surface area contributed by atoms with E-state index in [1.165, 1.54) is 31.4 Å². The maximum absolute atomic E-state index is 14.4. The number of H-pyrrole nitrogens is 1. The normalized spacial score (nSPS) is 11.8. The van der Waals surface area contributed by atoms with Crippen LogP contribution >= 0.6 is 0 Å². The van der Waals surface area contributed by atoms with Gasteiger partial charge in [-0.1, -0.05) is 17.3 Å². The first-order valence-corrected chi connectivity index (χ1v) is 10.8. The summed E-state index contributed by atoms with van der Waals surface area (Å²) in [5.41, 5.74) is 2.16. The third-order valence-corrected chi connectivity index (χ3v) is 5.61. The van der Waals surface area contributed by atoms with E-state index in [9.17, 15) is 12.8 Å². The van der Waals surface area contributed by atoms with Gasteiger partial charge in [0.1, 0.15) is 18.0 Å². The lowest BCUT2D eigenvalue weighted by molar-refractivity contribution is 0.144. The molecule has 0 bridgehead atoms. The highest BCUT2D eigenvalue weighted by Crippen LogP contribution is 2.33. The maximum atomic E-state index is 14.4. The highest BCUT2D eigenvalue weighted by atomic mass is 32.2. The lowest BCUT2D eigenvalue weighted by atomic mass is 10.1. The second-order valence-corrected chi connectivity index (χ2v) is 8.63. The van der Waals surface area contributed by atoms with Gasteiger partial charge < -0.3 is 14.0 Å². The van der Waals surface area contributed by atoms with Crippen molar-refractivity contribution in [3.05, 3.63) is 48.3 Å². The predicted octanol–water partition coefficient (Wildman–Crippen LogP) is 3.45. The number of hydrogen-bond acceptors (Lipinski definition) is 7. The van der Waals surface area contributed by atoms with Crippen LogP contribution in [0.15, 0.2) is 51.9 Å². The predicted molar refractivity (Wildman–Crippen MR) is 107 cm³/mol. The summed E-state index contributed by atoms with van der Waals surface area (Å²) in [6.07, 6.45) is 1.14. The summed E-state index contributed by atoms with van der Waals surface area (Å²) < 4.78 is 53.3. The molecule has 0 aliphatic rings. The first-order chi connectivity index (χ1) is 14.4. The number of nitrogens with one attached hydrogen (secondary N) is 1. The van der Waals surface area contributed by atoms with Gasteiger partial charge in [-0.3, -0.25) is 5.10 Å². The molecule has 0 amide bonds. The van der Waals surface area contributed by atoms with E-state index in [1.807, 2.05) is 0 Å². The highest BCUT2D eigenvalue weighted by molar-refractivity contribution is 7.90. The lowest BCUT2D eigenvalue weighted by Crippen LogP contribution is -2.05. The summed E-state index contributed by atoms with van der Waals surface area (Å²) >= 11 is 0. The fourth-order valence-corrected chi connectivity index (χ4v) is 3.58. The molecule has 1 N–H and O–H groups in total. The van der Waals surface area contributed by atoms with Gasteiger partial charge in [0.2, 0.25) is 0 Å². The quantitative estimate of drug-likeness (QED) is 0.447. The average Bonchev–Trinajstić information content (AvgIpc) is 3.34.